The normalized spacial score (nSPS) is 11.4. The van der Waals surface area contributed by atoms with Crippen molar-refractivity contribution in [2.45, 2.75) is 6.18 Å². The van der Waals surface area contributed by atoms with E-state index in [1.807, 2.05) is 0 Å². The van der Waals surface area contributed by atoms with Crippen molar-refractivity contribution in [3.05, 3.63) is 0 Å². The molecular weight excluding hydrogens is 179 g/mol. The fraction of sp³-hybridized carbons (Fsp3) is 0.500. The summed E-state index contributed by atoms with van der Waals surface area (Å²) in [6.07, 6.45) is -4.81. The summed E-state index contributed by atoms with van der Waals surface area (Å²) in [6.45, 7) is 0. The van der Waals surface area contributed by atoms with Crippen LogP contribution in [0.4, 0.5) is 17.6 Å². The van der Waals surface area contributed by atoms with E-state index in [0.717, 1.165) is 0 Å². The van der Waals surface area contributed by atoms with Gasteiger partial charge in [-0.3, -0.25) is 0 Å². The molecule has 0 aromatic rings. The van der Waals surface area contributed by atoms with Crippen LogP contribution in [0.3, 0.4) is 0 Å². The van der Waals surface area contributed by atoms with Crippen LogP contribution in [0.15, 0.2) is 0 Å². The van der Waals surface area contributed by atoms with Crippen LogP contribution in [0.2, 0.25) is 0 Å². The monoisotopic (exact) mass is 180 g/mol. The van der Waals surface area contributed by atoms with Crippen LogP contribution in [-0.2, 0) is 0 Å². The summed E-state index contributed by atoms with van der Waals surface area (Å²) in [5.74, 6) is 0. The van der Waals surface area contributed by atoms with E-state index >= 15 is 0 Å². The molecule has 0 spiro atoms. The molecular formula is C2F4Se. The van der Waals surface area contributed by atoms with Crippen LogP contribution >= 0.6 is 0 Å². The number of hydrogen-bond acceptors (Lipinski definition) is 0. The minimum atomic E-state index is -4.81. The SMILES string of the molecule is FC(=[Se])C(F)(F)F. The minimum absolute atomic E-state index is 1.20. The van der Waals surface area contributed by atoms with Gasteiger partial charge >= 0.3 is 44.0 Å². The van der Waals surface area contributed by atoms with Crippen LogP contribution in [-0.4, -0.2) is 26.4 Å². The van der Waals surface area contributed by atoms with Gasteiger partial charge in [-0.1, -0.05) is 0 Å². The molecule has 0 atom stereocenters. The second-order valence-electron chi connectivity index (χ2n) is 0.771. The van der Waals surface area contributed by atoms with Crippen LogP contribution in [0.5, 0.6) is 0 Å². The van der Waals surface area contributed by atoms with Gasteiger partial charge in [0.15, 0.2) is 0 Å². The zero-order valence-corrected chi connectivity index (χ0v) is 4.63. The number of hydrogen-bond donors (Lipinski definition) is 0. The van der Waals surface area contributed by atoms with Crippen molar-refractivity contribution in [2.24, 2.45) is 0 Å². The fourth-order valence-corrected chi connectivity index (χ4v) is 0. The predicted molar refractivity (Wildman–Crippen MR) is 17.9 cm³/mol. The van der Waals surface area contributed by atoms with Gasteiger partial charge in [0.1, 0.15) is 0 Å². The first-order valence-electron chi connectivity index (χ1n) is 1.21. The van der Waals surface area contributed by atoms with Crippen molar-refractivity contribution < 1.29 is 17.6 Å². The Balaban J connectivity index is 3.79. The summed E-state index contributed by atoms with van der Waals surface area (Å²) in [4.78, 5) is 0. The Morgan fingerprint density at radius 3 is 1.43 bits per heavy atom. The van der Waals surface area contributed by atoms with Crippen molar-refractivity contribution in [1.82, 2.24) is 0 Å². The third-order valence-electron chi connectivity index (χ3n) is 0.223. The quantitative estimate of drug-likeness (QED) is 0.381. The molecule has 0 aromatic carbocycles. The Bertz CT molecular complexity index is 82.2. The van der Waals surface area contributed by atoms with Crippen molar-refractivity contribution in [3.63, 3.8) is 0 Å². The molecule has 0 amide bonds. The van der Waals surface area contributed by atoms with Crippen LogP contribution in [0.25, 0.3) is 0 Å². The predicted octanol–water partition coefficient (Wildman–Crippen LogP) is 0.817. The number of halogens is 4. The molecule has 42 valence electrons. The Morgan fingerprint density at radius 1 is 1.29 bits per heavy atom. The van der Waals surface area contributed by atoms with E-state index in [0.29, 0.717) is 0 Å². The molecule has 0 unspecified atom stereocenters. The summed E-state index contributed by atoms with van der Waals surface area (Å²) in [7, 11) is 0. The van der Waals surface area contributed by atoms with Gasteiger partial charge in [0, 0.05) is 0 Å². The number of rotatable bonds is 0. The Morgan fingerprint density at radius 2 is 1.43 bits per heavy atom. The van der Waals surface area contributed by atoms with Gasteiger partial charge in [-0.2, -0.15) is 0 Å². The molecule has 0 aromatic heterocycles. The Kier molecular flexibility index (Phi) is 1.95. The summed E-state index contributed by atoms with van der Waals surface area (Å²) < 4.78 is 41.0. The molecule has 0 saturated heterocycles. The van der Waals surface area contributed by atoms with E-state index in [1.54, 1.807) is 0 Å². The molecule has 0 heterocycles. The Labute approximate surface area is 44.9 Å². The van der Waals surface area contributed by atoms with Gasteiger partial charge in [-0.15, -0.1) is 0 Å². The molecule has 7 heavy (non-hydrogen) atoms. The standard InChI is InChI=1S/C2F4Se/c3-1(7)2(4,5)6. The first-order chi connectivity index (χ1) is 2.94. The zero-order chi connectivity index (χ0) is 6.08. The summed E-state index contributed by atoms with van der Waals surface area (Å²) in [5, 5.41) is 0. The van der Waals surface area contributed by atoms with Crippen molar-refractivity contribution >= 4 is 20.2 Å². The fourth-order valence-electron chi connectivity index (χ4n) is 0. The van der Waals surface area contributed by atoms with Crippen molar-refractivity contribution in [1.29, 1.82) is 0 Å². The molecule has 0 N–H and O–H groups in total. The molecule has 0 nitrogen and oxygen atoms in total. The van der Waals surface area contributed by atoms with E-state index in [1.165, 1.54) is 15.6 Å². The Hall–Kier alpha value is 0.109. The van der Waals surface area contributed by atoms with Gasteiger partial charge in [0.25, 0.3) is 0 Å². The number of alkyl halides is 3. The molecule has 0 radical (unpaired) electrons. The second kappa shape index (κ2) is 1.92. The molecule has 0 fully saturated rings. The van der Waals surface area contributed by atoms with E-state index in [2.05, 4.69) is 0 Å². The average Bonchev–Trinajstić information content (AvgIpc) is 1.31. The van der Waals surface area contributed by atoms with Gasteiger partial charge in [0.2, 0.25) is 0 Å². The van der Waals surface area contributed by atoms with E-state index < -0.39 is 10.8 Å². The second-order valence-corrected chi connectivity index (χ2v) is 1.52. The topological polar surface area (TPSA) is 0 Å². The third kappa shape index (κ3) is 2.76. The van der Waals surface area contributed by atoms with Crippen LogP contribution in [0.1, 0.15) is 0 Å². The molecule has 0 bridgehead atoms. The van der Waals surface area contributed by atoms with Gasteiger partial charge < -0.3 is 0 Å². The maximum absolute atomic E-state index is 10.9. The molecule has 0 rings (SSSR count). The van der Waals surface area contributed by atoms with Crippen molar-refractivity contribution in [3.8, 4) is 0 Å². The van der Waals surface area contributed by atoms with E-state index in [9.17, 15) is 17.6 Å². The van der Waals surface area contributed by atoms with Crippen LogP contribution in [0, 0.1) is 0 Å². The first kappa shape index (κ1) is 7.11. The molecule has 0 aliphatic heterocycles. The summed E-state index contributed by atoms with van der Waals surface area (Å²) in [5.41, 5.74) is 0. The summed E-state index contributed by atoms with van der Waals surface area (Å²) >= 11 is 1.20. The van der Waals surface area contributed by atoms with Gasteiger partial charge in [-0.25, -0.2) is 0 Å². The maximum atomic E-state index is 10.9. The van der Waals surface area contributed by atoms with Gasteiger partial charge in [-0.05, 0) is 0 Å². The third-order valence-corrected chi connectivity index (χ3v) is 0.708. The zero-order valence-electron chi connectivity index (χ0n) is 2.92. The molecule has 0 aliphatic rings. The molecule has 5 heteroatoms. The van der Waals surface area contributed by atoms with E-state index in [4.69, 9.17) is 0 Å². The molecule has 0 saturated carbocycles. The summed E-state index contributed by atoms with van der Waals surface area (Å²) in [6, 6.07) is 0. The van der Waals surface area contributed by atoms with Crippen LogP contribution < -0.4 is 0 Å². The molecule has 0 aliphatic carbocycles. The first-order valence-corrected chi connectivity index (χ1v) is 2.07. The van der Waals surface area contributed by atoms with E-state index in [-0.39, 0.29) is 0 Å². The average molecular weight is 179 g/mol. The van der Waals surface area contributed by atoms with Crippen molar-refractivity contribution in [2.75, 3.05) is 0 Å². The van der Waals surface area contributed by atoms with Gasteiger partial charge in [0.05, 0.1) is 0 Å².